The molecule has 0 amide bonds. The monoisotopic (exact) mass is 358 g/mol. The van der Waals surface area contributed by atoms with Gasteiger partial charge in [0.15, 0.2) is 0 Å². The Morgan fingerprint density at radius 2 is 1.95 bits per heavy atom. The average Bonchev–Trinajstić information content (AvgIpc) is 2.87. The number of alkyl halides is 1. The lowest BCUT2D eigenvalue weighted by molar-refractivity contribution is 0.423. The van der Waals surface area contributed by atoms with Crippen LogP contribution in [-0.4, -0.2) is 13.6 Å². The van der Waals surface area contributed by atoms with E-state index in [1.54, 1.807) is 30.3 Å². The van der Waals surface area contributed by atoms with Crippen molar-refractivity contribution >= 4 is 31.8 Å². The molecule has 0 fully saturated rings. The highest BCUT2D eigenvalue weighted by atomic mass is 79.9. The first-order chi connectivity index (χ1) is 9.42. The molecule has 1 heterocycles. The fraction of sp³-hybridized carbons (Fsp3) is 0.308. The molecule has 0 aliphatic rings. The number of rotatable bonds is 5. The van der Waals surface area contributed by atoms with E-state index in [-0.39, 0.29) is 16.7 Å². The van der Waals surface area contributed by atoms with Crippen LogP contribution in [0.1, 0.15) is 31.0 Å². The van der Waals surface area contributed by atoms with Crippen LogP contribution in [0, 0.1) is 0 Å². The Morgan fingerprint density at radius 3 is 2.45 bits per heavy atom. The maximum Gasteiger partial charge on any atom is 0.264 e. The van der Waals surface area contributed by atoms with Crippen molar-refractivity contribution in [1.29, 1.82) is 0 Å². The number of benzene rings is 1. The Morgan fingerprint density at radius 1 is 1.30 bits per heavy atom. The number of hydrogen-bond donors (Lipinski definition) is 1. The maximum atomic E-state index is 12.2. The molecular weight excluding hydrogens is 344 g/mol. The smallest absolute Gasteiger partial charge is 0.264 e. The third-order valence-electron chi connectivity index (χ3n) is 2.74. The van der Waals surface area contributed by atoms with Gasteiger partial charge in [-0.15, -0.1) is 0 Å². The van der Waals surface area contributed by atoms with Crippen LogP contribution in [-0.2, 0) is 15.4 Å². The average molecular weight is 359 g/mol. The quantitative estimate of drug-likeness (QED) is 0.830. The van der Waals surface area contributed by atoms with E-state index in [1.807, 2.05) is 13.8 Å². The summed E-state index contributed by atoms with van der Waals surface area (Å²) in [6.45, 7) is 3.91. The predicted molar refractivity (Wildman–Crippen MR) is 80.5 cm³/mol. The van der Waals surface area contributed by atoms with Crippen LogP contribution in [0.15, 0.2) is 39.8 Å². The van der Waals surface area contributed by atoms with Crippen LogP contribution < -0.4 is 4.72 Å². The highest BCUT2D eigenvalue weighted by Gasteiger charge is 2.17. The van der Waals surface area contributed by atoms with Crippen molar-refractivity contribution in [2.24, 2.45) is 0 Å². The molecule has 0 atom stereocenters. The Hall–Kier alpha value is -1.34. The van der Waals surface area contributed by atoms with Gasteiger partial charge in [0.05, 0.1) is 10.6 Å². The van der Waals surface area contributed by atoms with Gasteiger partial charge in [-0.05, 0) is 23.6 Å². The summed E-state index contributed by atoms with van der Waals surface area (Å²) in [7, 11) is -3.65. The Bertz CT molecular complexity index is 678. The molecule has 108 valence electrons. The van der Waals surface area contributed by atoms with Gasteiger partial charge in [-0.25, -0.2) is 13.1 Å². The van der Waals surface area contributed by atoms with Gasteiger partial charge in [0.25, 0.3) is 10.0 Å². The second kappa shape index (κ2) is 5.97. The third kappa shape index (κ3) is 3.40. The third-order valence-corrected chi connectivity index (χ3v) is 4.75. The first-order valence-corrected chi connectivity index (χ1v) is 8.67. The Labute approximate surface area is 126 Å². The zero-order valence-corrected chi connectivity index (χ0v) is 13.5. The fourth-order valence-corrected chi connectivity index (χ4v) is 2.91. The molecule has 0 unspecified atom stereocenters. The lowest BCUT2D eigenvalue weighted by atomic mass is 10.1. The number of anilines is 1. The summed E-state index contributed by atoms with van der Waals surface area (Å²) in [6, 6.07) is 8.21. The minimum Gasteiger partial charge on any atom is -0.338 e. The molecule has 1 aromatic heterocycles. The molecule has 0 aliphatic heterocycles. The van der Waals surface area contributed by atoms with E-state index < -0.39 is 10.0 Å². The number of nitrogens with one attached hydrogen (secondary N) is 1. The summed E-state index contributed by atoms with van der Waals surface area (Å²) in [5.74, 6) is 0.300. The largest absolute Gasteiger partial charge is 0.338 e. The molecule has 2 rings (SSSR count). The van der Waals surface area contributed by atoms with Crippen LogP contribution in [0.4, 0.5) is 5.88 Å². The summed E-state index contributed by atoms with van der Waals surface area (Å²) >= 11 is 3.31. The predicted octanol–water partition coefficient (Wildman–Crippen LogP) is 3.49. The second-order valence-electron chi connectivity index (χ2n) is 4.65. The fourth-order valence-electron chi connectivity index (χ4n) is 1.56. The van der Waals surface area contributed by atoms with Crippen LogP contribution in [0.25, 0.3) is 0 Å². The molecule has 0 saturated heterocycles. The molecule has 2 aromatic rings. The number of nitrogens with zero attached hydrogens (tertiary/aromatic N) is 1. The molecule has 0 radical (unpaired) electrons. The summed E-state index contributed by atoms with van der Waals surface area (Å²) in [4.78, 5) is 0.185. The van der Waals surface area contributed by atoms with E-state index in [0.717, 1.165) is 5.56 Å². The van der Waals surface area contributed by atoms with Crippen molar-refractivity contribution in [2.45, 2.75) is 30.0 Å². The van der Waals surface area contributed by atoms with E-state index in [1.165, 1.54) is 0 Å². The van der Waals surface area contributed by atoms with Crippen LogP contribution >= 0.6 is 15.9 Å². The summed E-state index contributed by atoms with van der Waals surface area (Å²) in [5, 5.41) is 4.49. The van der Waals surface area contributed by atoms with E-state index in [9.17, 15) is 8.42 Å². The molecule has 7 heteroatoms. The molecule has 1 N–H and O–H groups in total. The van der Waals surface area contributed by atoms with E-state index >= 15 is 0 Å². The zero-order chi connectivity index (χ0) is 14.8. The Balaban J connectivity index is 2.21. The van der Waals surface area contributed by atoms with Gasteiger partial charge in [-0.3, -0.25) is 0 Å². The van der Waals surface area contributed by atoms with Crippen LogP contribution in [0.5, 0.6) is 0 Å². The van der Waals surface area contributed by atoms with E-state index in [4.69, 9.17) is 4.52 Å². The van der Waals surface area contributed by atoms with Crippen molar-refractivity contribution in [3.05, 3.63) is 41.6 Å². The van der Waals surface area contributed by atoms with Gasteiger partial charge < -0.3 is 4.52 Å². The highest BCUT2D eigenvalue weighted by molar-refractivity contribution is 9.08. The molecular formula is C13H15BrN2O3S. The molecule has 20 heavy (non-hydrogen) atoms. The van der Waals surface area contributed by atoms with Crippen molar-refractivity contribution in [2.75, 3.05) is 4.72 Å². The number of sulfonamides is 1. The molecule has 5 nitrogen and oxygen atoms in total. The molecule has 0 saturated carbocycles. The SMILES string of the molecule is CC(C)c1cc(NS(=O)(=O)c2ccc(CBr)cc2)on1. The van der Waals surface area contributed by atoms with Crippen molar-refractivity contribution in [3.63, 3.8) is 0 Å². The number of halogens is 1. The molecule has 0 aliphatic carbocycles. The van der Waals surface area contributed by atoms with Crippen molar-refractivity contribution < 1.29 is 12.9 Å². The zero-order valence-electron chi connectivity index (χ0n) is 11.1. The normalized spacial score (nSPS) is 11.8. The van der Waals surface area contributed by atoms with Gasteiger partial charge in [-0.2, -0.15) is 0 Å². The van der Waals surface area contributed by atoms with Gasteiger partial charge in [0, 0.05) is 11.4 Å². The van der Waals surface area contributed by atoms with Crippen molar-refractivity contribution in [3.8, 4) is 0 Å². The van der Waals surface area contributed by atoms with Gasteiger partial charge >= 0.3 is 0 Å². The topological polar surface area (TPSA) is 72.2 Å². The lowest BCUT2D eigenvalue weighted by Gasteiger charge is -2.05. The first-order valence-electron chi connectivity index (χ1n) is 6.06. The highest BCUT2D eigenvalue weighted by Crippen LogP contribution is 2.21. The summed E-state index contributed by atoms with van der Waals surface area (Å²) in [6.07, 6.45) is 0. The van der Waals surface area contributed by atoms with E-state index in [0.29, 0.717) is 11.0 Å². The van der Waals surface area contributed by atoms with Crippen LogP contribution in [0.2, 0.25) is 0 Å². The Kier molecular flexibility index (Phi) is 4.49. The van der Waals surface area contributed by atoms with Gasteiger partial charge in [-0.1, -0.05) is 47.1 Å². The lowest BCUT2D eigenvalue weighted by Crippen LogP contribution is -2.12. The van der Waals surface area contributed by atoms with Crippen LogP contribution in [0.3, 0.4) is 0 Å². The first kappa shape index (κ1) is 15.1. The number of aromatic nitrogens is 1. The molecule has 0 bridgehead atoms. The molecule has 1 aromatic carbocycles. The summed E-state index contributed by atoms with van der Waals surface area (Å²) in [5.41, 5.74) is 1.71. The van der Waals surface area contributed by atoms with Gasteiger partial charge in [0.1, 0.15) is 0 Å². The maximum absolute atomic E-state index is 12.2. The van der Waals surface area contributed by atoms with E-state index in [2.05, 4.69) is 25.8 Å². The summed E-state index contributed by atoms with van der Waals surface area (Å²) < 4.78 is 31.7. The molecule has 0 spiro atoms. The van der Waals surface area contributed by atoms with Crippen molar-refractivity contribution in [1.82, 2.24) is 5.16 Å². The van der Waals surface area contributed by atoms with Gasteiger partial charge in [0.2, 0.25) is 5.88 Å². The standard InChI is InChI=1S/C13H15BrN2O3S/c1-9(2)12-7-13(19-15-12)16-20(17,18)11-5-3-10(8-14)4-6-11/h3-7,9,16H,8H2,1-2H3. The number of hydrogen-bond acceptors (Lipinski definition) is 4. The minimum absolute atomic E-state index is 0.123. The minimum atomic E-state index is -3.65. The second-order valence-corrected chi connectivity index (χ2v) is 6.90.